The van der Waals surface area contributed by atoms with Crippen molar-refractivity contribution in [3.05, 3.63) is 28.8 Å². The molecule has 1 aromatic carbocycles. The monoisotopic (exact) mass is 293 g/mol. The SMILES string of the molecule is N#Cc1ccc(Cl)cc1NC(=O)N1CCC(C(=O)O)C1. The number of amides is 2. The molecule has 1 unspecified atom stereocenters. The molecule has 0 aromatic heterocycles. The number of rotatable bonds is 2. The molecule has 20 heavy (non-hydrogen) atoms. The number of hydrogen-bond donors (Lipinski definition) is 2. The zero-order valence-electron chi connectivity index (χ0n) is 10.5. The summed E-state index contributed by atoms with van der Waals surface area (Å²) in [5.74, 6) is -1.43. The minimum Gasteiger partial charge on any atom is -0.481 e. The fourth-order valence-electron chi connectivity index (χ4n) is 2.06. The summed E-state index contributed by atoms with van der Waals surface area (Å²) in [6.45, 7) is 0.550. The Labute approximate surface area is 120 Å². The van der Waals surface area contributed by atoms with Crippen molar-refractivity contribution in [2.24, 2.45) is 5.92 Å². The van der Waals surface area contributed by atoms with Gasteiger partial charge in [0.15, 0.2) is 0 Å². The normalized spacial score (nSPS) is 17.6. The third kappa shape index (κ3) is 3.00. The van der Waals surface area contributed by atoms with E-state index in [1.807, 2.05) is 6.07 Å². The highest BCUT2D eigenvalue weighted by Gasteiger charge is 2.31. The van der Waals surface area contributed by atoms with Crippen molar-refractivity contribution in [3.63, 3.8) is 0 Å². The number of nitrogens with one attached hydrogen (secondary N) is 1. The average Bonchev–Trinajstić information content (AvgIpc) is 2.89. The topological polar surface area (TPSA) is 93.4 Å². The van der Waals surface area contributed by atoms with Crippen molar-refractivity contribution in [2.45, 2.75) is 6.42 Å². The summed E-state index contributed by atoms with van der Waals surface area (Å²) in [7, 11) is 0. The van der Waals surface area contributed by atoms with Crippen LogP contribution >= 0.6 is 11.6 Å². The van der Waals surface area contributed by atoms with Gasteiger partial charge in [0.25, 0.3) is 0 Å². The molecule has 6 nitrogen and oxygen atoms in total. The van der Waals surface area contributed by atoms with Crippen LogP contribution in [0, 0.1) is 17.2 Å². The molecule has 0 aliphatic carbocycles. The maximum atomic E-state index is 12.0. The Balaban J connectivity index is 2.08. The smallest absolute Gasteiger partial charge is 0.321 e. The van der Waals surface area contributed by atoms with Gasteiger partial charge in [-0.25, -0.2) is 4.79 Å². The molecular weight excluding hydrogens is 282 g/mol. The van der Waals surface area contributed by atoms with Gasteiger partial charge in [0.05, 0.1) is 17.2 Å². The Kier molecular flexibility index (Phi) is 4.11. The van der Waals surface area contributed by atoms with E-state index >= 15 is 0 Å². The molecule has 7 heteroatoms. The first-order chi connectivity index (χ1) is 9.51. The zero-order chi connectivity index (χ0) is 14.7. The van der Waals surface area contributed by atoms with Gasteiger partial charge in [-0.1, -0.05) is 11.6 Å². The van der Waals surface area contributed by atoms with Gasteiger partial charge in [0.1, 0.15) is 6.07 Å². The molecule has 0 radical (unpaired) electrons. The summed E-state index contributed by atoms with van der Waals surface area (Å²) < 4.78 is 0. The van der Waals surface area contributed by atoms with Gasteiger partial charge in [0.2, 0.25) is 0 Å². The average molecular weight is 294 g/mol. The molecule has 1 aromatic rings. The minimum absolute atomic E-state index is 0.170. The molecule has 1 aliphatic rings. The van der Waals surface area contributed by atoms with E-state index in [0.29, 0.717) is 29.2 Å². The molecule has 1 fully saturated rings. The van der Waals surface area contributed by atoms with Crippen molar-refractivity contribution in [1.82, 2.24) is 4.90 Å². The number of carboxylic acid groups (broad SMARTS) is 1. The summed E-state index contributed by atoms with van der Waals surface area (Å²) in [4.78, 5) is 24.3. The van der Waals surface area contributed by atoms with E-state index in [-0.39, 0.29) is 6.54 Å². The van der Waals surface area contributed by atoms with Gasteiger partial charge >= 0.3 is 12.0 Å². The van der Waals surface area contributed by atoms with Crippen LogP contribution in [0.1, 0.15) is 12.0 Å². The molecule has 1 atom stereocenters. The van der Waals surface area contributed by atoms with E-state index in [4.69, 9.17) is 22.0 Å². The van der Waals surface area contributed by atoms with E-state index < -0.39 is 17.9 Å². The van der Waals surface area contributed by atoms with Crippen molar-refractivity contribution >= 4 is 29.3 Å². The number of nitrogens with zero attached hydrogens (tertiary/aromatic N) is 2. The van der Waals surface area contributed by atoms with Crippen LogP contribution in [0.2, 0.25) is 5.02 Å². The van der Waals surface area contributed by atoms with E-state index in [1.165, 1.54) is 17.0 Å². The van der Waals surface area contributed by atoms with Crippen LogP contribution in [0.4, 0.5) is 10.5 Å². The highest BCUT2D eigenvalue weighted by atomic mass is 35.5. The van der Waals surface area contributed by atoms with E-state index in [1.54, 1.807) is 6.07 Å². The molecule has 1 aliphatic heterocycles. The van der Waals surface area contributed by atoms with Crippen molar-refractivity contribution in [3.8, 4) is 6.07 Å². The fraction of sp³-hybridized carbons (Fsp3) is 0.308. The number of halogens is 1. The molecule has 2 rings (SSSR count). The minimum atomic E-state index is -0.902. The fourth-order valence-corrected chi connectivity index (χ4v) is 2.23. The van der Waals surface area contributed by atoms with Crippen molar-refractivity contribution in [2.75, 3.05) is 18.4 Å². The predicted molar refractivity (Wildman–Crippen MR) is 72.5 cm³/mol. The molecule has 1 saturated heterocycles. The van der Waals surface area contributed by atoms with Gasteiger partial charge in [0, 0.05) is 18.1 Å². The molecule has 104 valence electrons. The number of anilines is 1. The largest absolute Gasteiger partial charge is 0.481 e. The molecule has 2 N–H and O–H groups in total. The van der Waals surface area contributed by atoms with Crippen LogP contribution in [0.3, 0.4) is 0 Å². The second kappa shape index (κ2) is 5.80. The lowest BCUT2D eigenvalue weighted by molar-refractivity contribution is -0.141. The number of hydrogen-bond acceptors (Lipinski definition) is 3. The van der Waals surface area contributed by atoms with Gasteiger partial charge in [-0.15, -0.1) is 0 Å². The quantitative estimate of drug-likeness (QED) is 0.873. The highest BCUT2D eigenvalue weighted by molar-refractivity contribution is 6.31. The number of likely N-dealkylation sites (tertiary alicyclic amines) is 1. The maximum Gasteiger partial charge on any atom is 0.321 e. The molecule has 2 amide bonds. The first-order valence-electron chi connectivity index (χ1n) is 5.99. The number of carbonyl (C=O) groups excluding carboxylic acids is 1. The summed E-state index contributed by atoms with van der Waals surface area (Å²) >= 11 is 5.83. The number of carboxylic acids is 1. The summed E-state index contributed by atoms with van der Waals surface area (Å²) in [5.41, 5.74) is 0.625. The Morgan fingerprint density at radius 1 is 1.50 bits per heavy atom. The lowest BCUT2D eigenvalue weighted by Gasteiger charge is -2.17. The number of benzene rings is 1. The second-order valence-electron chi connectivity index (χ2n) is 4.50. The summed E-state index contributed by atoms with van der Waals surface area (Å²) in [5, 5.41) is 20.9. The third-order valence-electron chi connectivity index (χ3n) is 3.17. The Morgan fingerprint density at radius 3 is 2.85 bits per heavy atom. The van der Waals surface area contributed by atoms with Gasteiger partial charge in [-0.05, 0) is 24.6 Å². The lowest BCUT2D eigenvalue weighted by atomic mass is 10.1. The second-order valence-corrected chi connectivity index (χ2v) is 4.94. The molecule has 1 heterocycles. The van der Waals surface area contributed by atoms with Crippen LogP contribution in [-0.4, -0.2) is 35.1 Å². The Hall–Kier alpha value is -2.26. The van der Waals surface area contributed by atoms with Crippen LogP contribution in [0.15, 0.2) is 18.2 Å². The Bertz CT molecular complexity index is 597. The number of aliphatic carboxylic acids is 1. The molecular formula is C13H12ClN3O3. The van der Waals surface area contributed by atoms with E-state index in [9.17, 15) is 9.59 Å². The van der Waals surface area contributed by atoms with Gasteiger partial charge < -0.3 is 15.3 Å². The van der Waals surface area contributed by atoms with Crippen molar-refractivity contribution in [1.29, 1.82) is 5.26 Å². The molecule has 0 saturated carbocycles. The van der Waals surface area contributed by atoms with E-state index in [2.05, 4.69) is 5.32 Å². The number of nitriles is 1. The van der Waals surface area contributed by atoms with Crippen LogP contribution in [-0.2, 0) is 4.79 Å². The first-order valence-corrected chi connectivity index (χ1v) is 6.37. The van der Waals surface area contributed by atoms with Crippen molar-refractivity contribution < 1.29 is 14.7 Å². The summed E-state index contributed by atoms with van der Waals surface area (Å²) in [6.07, 6.45) is 0.434. The van der Waals surface area contributed by atoms with Gasteiger partial charge in [-0.2, -0.15) is 5.26 Å². The molecule has 0 spiro atoms. The van der Waals surface area contributed by atoms with Crippen LogP contribution in [0.25, 0.3) is 0 Å². The van der Waals surface area contributed by atoms with Crippen LogP contribution < -0.4 is 5.32 Å². The lowest BCUT2D eigenvalue weighted by Crippen LogP contribution is -2.34. The number of urea groups is 1. The maximum absolute atomic E-state index is 12.0. The predicted octanol–water partition coefficient (Wildman–Crippen LogP) is 2.15. The standard InChI is InChI=1S/C13H12ClN3O3/c14-10-2-1-8(6-15)11(5-10)16-13(20)17-4-3-9(7-17)12(18)19/h1-2,5,9H,3-4,7H2,(H,16,20)(H,18,19). The summed E-state index contributed by atoms with van der Waals surface area (Å²) in [6, 6.07) is 6.10. The van der Waals surface area contributed by atoms with E-state index in [0.717, 1.165) is 0 Å². The number of carbonyl (C=O) groups is 2. The third-order valence-corrected chi connectivity index (χ3v) is 3.40. The molecule has 0 bridgehead atoms. The Morgan fingerprint density at radius 2 is 2.25 bits per heavy atom. The zero-order valence-corrected chi connectivity index (χ0v) is 11.2. The first kappa shape index (κ1) is 14.2. The van der Waals surface area contributed by atoms with Crippen LogP contribution in [0.5, 0.6) is 0 Å². The highest BCUT2D eigenvalue weighted by Crippen LogP contribution is 2.22. The van der Waals surface area contributed by atoms with Gasteiger partial charge in [-0.3, -0.25) is 4.79 Å².